The molecule has 3 rings (SSSR count). The zero-order valence-corrected chi connectivity index (χ0v) is 9.78. The van der Waals surface area contributed by atoms with Crippen molar-refractivity contribution in [2.45, 2.75) is 31.8 Å². The highest BCUT2D eigenvalue weighted by Gasteiger charge is 2.19. The first-order valence-corrected chi connectivity index (χ1v) is 6.40. The van der Waals surface area contributed by atoms with Crippen molar-refractivity contribution in [2.24, 2.45) is 5.73 Å². The van der Waals surface area contributed by atoms with Gasteiger partial charge >= 0.3 is 0 Å². The van der Waals surface area contributed by atoms with Crippen LogP contribution in [0.1, 0.15) is 22.9 Å². The Morgan fingerprint density at radius 3 is 3.31 bits per heavy atom. The van der Waals surface area contributed by atoms with E-state index in [1.54, 1.807) is 11.3 Å². The Labute approximate surface area is 98.1 Å². The van der Waals surface area contributed by atoms with Gasteiger partial charge in [0.15, 0.2) is 5.82 Å². The van der Waals surface area contributed by atoms with Gasteiger partial charge in [-0.1, -0.05) is 6.07 Å². The van der Waals surface area contributed by atoms with E-state index in [4.69, 9.17) is 5.73 Å². The molecule has 0 aromatic carbocycles. The molecule has 0 fully saturated rings. The minimum atomic E-state index is 0.256. The van der Waals surface area contributed by atoms with Gasteiger partial charge in [-0.15, -0.1) is 11.3 Å². The van der Waals surface area contributed by atoms with E-state index in [2.05, 4.69) is 27.6 Å². The van der Waals surface area contributed by atoms with Crippen LogP contribution in [-0.4, -0.2) is 20.8 Å². The summed E-state index contributed by atoms with van der Waals surface area (Å²) in [4.78, 5) is 5.87. The van der Waals surface area contributed by atoms with Crippen LogP contribution in [0.15, 0.2) is 17.5 Å². The number of nitrogens with two attached hydrogens (primary N) is 1. The monoisotopic (exact) mass is 234 g/mol. The van der Waals surface area contributed by atoms with Crippen molar-refractivity contribution in [3.8, 4) is 0 Å². The Balaban J connectivity index is 1.82. The molecule has 0 aliphatic carbocycles. The topological polar surface area (TPSA) is 56.7 Å². The molecule has 4 nitrogen and oxygen atoms in total. The van der Waals surface area contributed by atoms with Crippen LogP contribution in [0.5, 0.6) is 0 Å². The molecule has 0 bridgehead atoms. The maximum absolute atomic E-state index is 5.92. The number of hydrogen-bond acceptors (Lipinski definition) is 4. The summed E-state index contributed by atoms with van der Waals surface area (Å²) in [5, 5.41) is 6.60. The molecule has 2 aromatic heterocycles. The van der Waals surface area contributed by atoms with Crippen LogP contribution in [0.2, 0.25) is 0 Å². The zero-order chi connectivity index (χ0) is 11.0. The normalized spacial score (nSPS) is 19.7. The number of hydrogen-bond donors (Lipinski definition) is 1. The van der Waals surface area contributed by atoms with E-state index in [1.165, 1.54) is 4.88 Å². The molecule has 2 aromatic rings. The first-order chi connectivity index (χ1) is 7.81. The summed E-state index contributed by atoms with van der Waals surface area (Å²) in [5.74, 6) is 1.97. The van der Waals surface area contributed by atoms with Crippen molar-refractivity contribution >= 4 is 11.3 Å². The van der Waals surface area contributed by atoms with E-state index in [-0.39, 0.29) is 6.04 Å². The van der Waals surface area contributed by atoms with Gasteiger partial charge in [-0.2, -0.15) is 5.10 Å². The average molecular weight is 234 g/mol. The lowest BCUT2D eigenvalue weighted by Gasteiger charge is -2.17. The summed E-state index contributed by atoms with van der Waals surface area (Å²) in [7, 11) is 0. The van der Waals surface area contributed by atoms with Gasteiger partial charge in [-0.25, -0.2) is 9.67 Å². The Morgan fingerprint density at radius 2 is 2.50 bits per heavy atom. The third kappa shape index (κ3) is 1.88. The zero-order valence-electron chi connectivity index (χ0n) is 8.97. The summed E-state index contributed by atoms with van der Waals surface area (Å²) in [6.07, 6.45) is 2.71. The predicted octanol–water partition coefficient (Wildman–Crippen LogP) is 1.20. The molecule has 84 valence electrons. The SMILES string of the molecule is NC1CCn2nc(Cc3cccs3)nc2C1. The standard InChI is InChI=1S/C11H14N4S/c12-8-3-4-15-11(6-8)13-10(14-15)7-9-2-1-5-16-9/h1-2,5,8H,3-4,6-7,12H2. The van der Waals surface area contributed by atoms with Gasteiger partial charge in [0.05, 0.1) is 0 Å². The van der Waals surface area contributed by atoms with E-state index in [1.807, 2.05) is 4.68 Å². The fraction of sp³-hybridized carbons (Fsp3) is 0.455. The van der Waals surface area contributed by atoms with Crippen LogP contribution in [-0.2, 0) is 19.4 Å². The fourth-order valence-electron chi connectivity index (χ4n) is 2.02. The highest BCUT2D eigenvalue weighted by Crippen LogP contribution is 2.16. The largest absolute Gasteiger partial charge is 0.327 e. The van der Waals surface area contributed by atoms with Crippen LogP contribution in [0.3, 0.4) is 0 Å². The lowest BCUT2D eigenvalue weighted by atomic mass is 10.1. The van der Waals surface area contributed by atoms with Crippen LogP contribution in [0, 0.1) is 0 Å². The Hall–Kier alpha value is -1.20. The molecule has 0 amide bonds. The molecule has 1 aliphatic rings. The molecule has 3 heterocycles. The smallest absolute Gasteiger partial charge is 0.156 e. The van der Waals surface area contributed by atoms with Gasteiger partial charge in [0.25, 0.3) is 0 Å². The number of nitrogens with zero attached hydrogens (tertiary/aromatic N) is 3. The Bertz CT molecular complexity index is 474. The molecule has 0 saturated heterocycles. The summed E-state index contributed by atoms with van der Waals surface area (Å²) in [6, 6.07) is 4.44. The van der Waals surface area contributed by atoms with Gasteiger partial charge in [-0.3, -0.25) is 0 Å². The lowest BCUT2D eigenvalue weighted by Crippen LogP contribution is -2.31. The fourth-order valence-corrected chi connectivity index (χ4v) is 2.73. The van der Waals surface area contributed by atoms with Gasteiger partial charge in [-0.05, 0) is 17.9 Å². The first-order valence-electron chi connectivity index (χ1n) is 5.52. The maximum atomic E-state index is 5.92. The molecule has 0 spiro atoms. The molecule has 5 heteroatoms. The van der Waals surface area contributed by atoms with E-state index in [0.717, 1.165) is 37.5 Å². The van der Waals surface area contributed by atoms with E-state index in [0.29, 0.717) is 0 Å². The maximum Gasteiger partial charge on any atom is 0.156 e. The number of thiophene rings is 1. The van der Waals surface area contributed by atoms with Crippen molar-refractivity contribution < 1.29 is 0 Å². The first kappa shape index (κ1) is 9.99. The number of aromatic nitrogens is 3. The highest BCUT2D eigenvalue weighted by atomic mass is 32.1. The molecule has 0 saturated carbocycles. The second kappa shape index (κ2) is 3.99. The quantitative estimate of drug-likeness (QED) is 0.849. The molecular formula is C11H14N4S. The number of fused-ring (bicyclic) bond motifs is 1. The number of rotatable bonds is 2. The van der Waals surface area contributed by atoms with E-state index in [9.17, 15) is 0 Å². The number of aryl methyl sites for hydroxylation is 1. The van der Waals surface area contributed by atoms with Crippen molar-refractivity contribution in [3.63, 3.8) is 0 Å². The van der Waals surface area contributed by atoms with Crippen LogP contribution in [0.4, 0.5) is 0 Å². The van der Waals surface area contributed by atoms with Gasteiger partial charge in [0.2, 0.25) is 0 Å². The van der Waals surface area contributed by atoms with Gasteiger partial charge in [0, 0.05) is 30.3 Å². The van der Waals surface area contributed by atoms with Crippen molar-refractivity contribution in [1.82, 2.24) is 14.8 Å². The van der Waals surface area contributed by atoms with Crippen LogP contribution in [0.25, 0.3) is 0 Å². The second-order valence-corrected chi connectivity index (χ2v) is 5.21. The second-order valence-electron chi connectivity index (χ2n) is 4.18. The molecule has 1 aliphatic heterocycles. The summed E-state index contributed by atoms with van der Waals surface area (Å²) in [5.41, 5.74) is 5.92. The summed E-state index contributed by atoms with van der Waals surface area (Å²) < 4.78 is 2.01. The van der Waals surface area contributed by atoms with Crippen LogP contribution >= 0.6 is 11.3 Å². The predicted molar refractivity (Wildman–Crippen MR) is 63.4 cm³/mol. The average Bonchev–Trinajstić information content (AvgIpc) is 2.86. The molecular weight excluding hydrogens is 220 g/mol. The third-order valence-electron chi connectivity index (χ3n) is 2.86. The van der Waals surface area contributed by atoms with E-state index < -0.39 is 0 Å². The minimum Gasteiger partial charge on any atom is -0.327 e. The Kier molecular flexibility index (Phi) is 2.49. The molecule has 0 radical (unpaired) electrons. The van der Waals surface area contributed by atoms with Crippen molar-refractivity contribution in [1.29, 1.82) is 0 Å². The molecule has 1 atom stereocenters. The molecule has 16 heavy (non-hydrogen) atoms. The summed E-state index contributed by atoms with van der Waals surface area (Å²) in [6.45, 7) is 0.911. The molecule has 2 N–H and O–H groups in total. The van der Waals surface area contributed by atoms with Crippen molar-refractivity contribution in [3.05, 3.63) is 34.0 Å². The Morgan fingerprint density at radius 1 is 1.56 bits per heavy atom. The summed E-state index contributed by atoms with van der Waals surface area (Å²) >= 11 is 1.75. The van der Waals surface area contributed by atoms with Crippen LogP contribution < -0.4 is 5.73 Å². The lowest BCUT2D eigenvalue weighted by molar-refractivity contribution is 0.432. The van der Waals surface area contributed by atoms with Gasteiger partial charge in [0.1, 0.15) is 5.82 Å². The molecule has 1 unspecified atom stereocenters. The van der Waals surface area contributed by atoms with Crippen molar-refractivity contribution in [2.75, 3.05) is 0 Å². The minimum absolute atomic E-state index is 0.256. The van der Waals surface area contributed by atoms with E-state index >= 15 is 0 Å². The highest BCUT2D eigenvalue weighted by molar-refractivity contribution is 7.09. The van der Waals surface area contributed by atoms with Gasteiger partial charge < -0.3 is 5.73 Å². The third-order valence-corrected chi connectivity index (χ3v) is 3.74.